The fourth-order valence-electron chi connectivity index (χ4n) is 3.28. The van der Waals surface area contributed by atoms with Crippen molar-refractivity contribution >= 4 is 22.8 Å². The summed E-state index contributed by atoms with van der Waals surface area (Å²) < 4.78 is 13.3. The van der Waals surface area contributed by atoms with E-state index < -0.39 is 29.7 Å². The Balaban J connectivity index is 1.97. The summed E-state index contributed by atoms with van der Waals surface area (Å²) in [5.74, 6) is -2.91. The number of aliphatic carboxylic acids is 2. The van der Waals surface area contributed by atoms with Gasteiger partial charge in [0.1, 0.15) is 11.9 Å². The highest BCUT2D eigenvalue weighted by Crippen LogP contribution is 2.32. The first-order valence-corrected chi connectivity index (χ1v) is 7.43. The number of aromatic amines is 1. The second-order valence-corrected chi connectivity index (χ2v) is 5.85. The maximum atomic E-state index is 13.3. The van der Waals surface area contributed by atoms with Crippen LogP contribution in [0, 0.1) is 11.7 Å². The largest absolute Gasteiger partial charge is 0.481 e. The van der Waals surface area contributed by atoms with Gasteiger partial charge in [-0.2, -0.15) is 0 Å². The minimum absolute atomic E-state index is 0.195. The highest BCUT2D eigenvalue weighted by Gasteiger charge is 2.35. The molecule has 0 aliphatic carbocycles. The number of halogens is 1. The number of piperidine rings is 1. The summed E-state index contributed by atoms with van der Waals surface area (Å²) in [6.07, 6.45) is 2.75. The highest BCUT2D eigenvalue weighted by molar-refractivity contribution is 5.89. The third-order valence-electron chi connectivity index (χ3n) is 4.37. The predicted molar refractivity (Wildman–Crippen MR) is 80.6 cm³/mol. The molecule has 2 heterocycles. The molecule has 6 nitrogen and oxygen atoms in total. The summed E-state index contributed by atoms with van der Waals surface area (Å²) in [7, 11) is 0. The molecule has 0 unspecified atom stereocenters. The Morgan fingerprint density at radius 3 is 2.83 bits per heavy atom. The van der Waals surface area contributed by atoms with Crippen molar-refractivity contribution in [3.05, 3.63) is 35.8 Å². The molecule has 0 spiro atoms. The number of carboxylic acid groups (broad SMARTS) is 2. The first-order valence-electron chi connectivity index (χ1n) is 7.43. The second kappa shape index (κ2) is 6.00. The summed E-state index contributed by atoms with van der Waals surface area (Å²) in [6, 6.07) is 3.20. The zero-order valence-corrected chi connectivity index (χ0v) is 12.3. The topological polar surface area (TPSA) is 93.6 Å². The fraction of sp³-hybridized carbons (Fsp3) is 0.375. The molecule has 122 valence electrons. The Morgan fingerprint density at radius 1 is 1.35 bits per heavy atom. The van der Waals surface area contributed by atoms with E-state index in [1.807, 2.05) is 0 Å². The van der Waals surface area contributed by atoms with Crippen LogP contribution in [-0.2, 0) is 9.59 Å². The van der Waals surface area contributed by atoms with Crippen molar-refractivity contribution in [2.45, 2.75) is 18.9 Å². The molecular weight excluding hydrogens is 303 g/mol. The standard InChI is InChI=1S/C16H17FN2O4/c17-10-3-4-11-12(7-18-13(11)6-10)14(16(22)23)19-5-1-2-9(8-19)15(20)21/h3-4,6-7,9,14,18H,1-2,5,8H2,(H,20,21)(H,22,23)/t9-,14-/m0/s1. The van der Waals surface area contributed by atoms with E-state index in [0.29, 0.717) is 35.9 Å². The summed E-state index contributed by atoms with van der Waals surface area (Å²) in [5, 5.41) is 19.5. The summed E-state index contributed by atoms with van der Waals surface area (Å²) in [4.78, 5) is 27.6. The van der Waals surface area contributed by atoms with E-state index in [9.17, 15) is 24.2 Å². The van der Waals surface area contributed by atoms with Crippen molar-refractivity contribution in [3.8, 4) is 0 Å². The Morgan fingerprint density at radius 2 is 2.13 bits per heavy atom. The number of nitrogens with one attached hydrogen (secondary N) is 1. The van der Waals surface area contributed by atoms with Crippen molar-refractivity contribution < 1.29 is 24.2 Å². The number of likely N-dealkylation sites (tertiary alicyclic amines) is 1. The number of rotatable bonds is 4. The SMILES string of the molecule is O=C(O)[C@H]1CCCN([C@H](C(=O)O)c2c[nH]c3cc(F)ccc23)C1. The summed E-state index contributed by atoms with van der Waals surface area (Å²) >= 11 is 0. The number of benzene rings is 1. The molecule has 1 aromatic carbocycles. The number of H-pyrrole nitrogens is 1. The molecule has 2 atom stereocenters. The van der Waals surface area contributed by atoms with E-state index in [4.69, 9.17) is 0 Å². The Hall–Kier alpha value is -2.41. The van der Waals surface area contributed by atoms with Crippen LogP contribution in [-0.4, -0.2) is 45.1 Å². The number of hydrogen-bond acceptors (Lipinski definition) is 3. The van der Waals surface area contributed by atoms with E-state index in [2.05, 4.69) is 4.98 Å². The van der Waals surface area contributed by atoms with Crippen LogP contribution in [0.25, 0.3) is 10.9 Å². The van der Waals surface area contributed by atoms with Crippen LogP contribution in [0.15, 0.2) is 24.4 Å². The average Bonchev–Trinajstić information content (AvgIpc) is 2.90. The zero-order valence-electron chi connectivity index (χ0n) is 12.3. The van der Waals surface area contributed by atoms with Gasteiger partial charge in [-0.05, 0) is 37.6 Å². The molecule has 3 rings (SSSR count). The van der Waals surface area contributed by atoms with Crippen molar-refractivity contribution in [1.29, 1.82) is 0 Å². The lowest BCUT2D eigenvalue weighted by Gasteiger charge is -2.34. The number of carbonyl (C=O) groups is 2. The molecule has 1 aliphatic heterocycles. The number of hydrogen-bond donors (Lipinski definition) is 3. The van der Waals surface area contributed by atoms with Gasteiger partial charge < -0.3 is 15.2 Å². The van der Waals surface area contributed by atoms with Crippen molar-refractivity contribution in [2.75, 3.05) is 13.1 Å². The Bertz CT molecular complexity index is 758. The molecule has 0 bridgehead atoms. The van der Waals surface area contributed by atoms with Crippen molar-refractivity contribution in [2.24, 2.45) is 5.92 Å². The minimum atomic E-state index is -1.04. The third kappa shape index (κ3) is 2.92. The fourth-order valence-corrected chi connectivity index (χ4v) is 3.28. The predicted octanol–water partition coefficient (Wildman–Crippen LogP) is 2.23. The lowest BCUT2D eigenvalue weighted by atomic mass is 9.94. The van der Waals surface area contributed by atoms with Gasteiger partial charge in [0.25, 0.3) is 0 Å². The van der Waals surface area contributed by atoms with E-state index in [1.165, 1.54) is 12.1 Å². The number of nitrogens with zero attached hydrogens (tertiary/aromatic N) is 1. The van der Waals surface area contributed by atoms with Gasteiger partial charge in [0.05, 0.1) is 5.92 Å². The maximum Gasteiger partial charge on any atom is 0.325 e. The van der Waals surface area contributed by atoms with E-state index in [1.54, 1.807) is 17.2 Å². The second-order valence-electron chi connectivity index (χ2n) is 5.85. The van der Waals surface area contributed by atoms with Crippen LogP contribution < -0.4 is 0 Å². The average molecular weight is 320 g/mol. The van der Waals surface area contributed by atoms with Gasteiger partial charge in [-0.15, -0.1) is 0 Å². The van der Waals surface area contributed by atoms with Gasteiger partial charge in [-0.1, -0.05) is 0 Å². The molecule has 7 heteroatoms. The summed E-state index contributed by atoms with van der Waals surface area (Å²) in [6.45, 7) is 0.717. The van der Waals surface area contributed by atoms with Crippen LogP contribution >= 0.6 is 0 Å². The van der Waals surface area contributed by atoms with Crippen LogP contribution in [0.1, 0.15) is 24.4 Å². The summed E-state index contributed by atoms with van der Waals surface area (Å²) in [5.41, 5.74) is 1.05. The van der Waals surface area contributed by atoms with Gasteiger partial charge >= 0.3 is 11.9 Å². The van der Waals surface area contributed by atoms with Crippen molar-refractivity contribution in [3.63, 3.8) is 0 Å². The molecule has 2 aromatic rings. The van der Waals surface area contributed by atoms with E-state index in [0.717, 1.165) is 0 Å². The molecule has 3 N–H and O–H groups in total. The van der Waals surface area contributed by atoms with Gasteiger partial charge in [-0.25, -0.2) is 4.39 Å². The smallest absolute Gasteiger partial charge is 0.325 e. The van der Waals surface area contributed by atoms with Crippen molar-refractivity contribution in [1.82, 2.24) is 9.88 Å². The van der Waals surface area contributed by atoms with Crippen LogP contribution in [0.5, 0.6) is 0 Å². The van der Waals surface area contributed by atoms with Gasteiger partial charge in [0.15, 0.2) is 0 Å². The van der Waals surface area contributed by atoms with E-state index >= 15 is 0 Å². The molecule has 1 saturated heterocycles. The molecular formula is C16H17FN2O4. The third-order valence-corrected chi connectivity index (χ3v) is 4.37. The Kier molecular flexibility index (Phi) is 4.04. The zero-order chi connectivity index (χ0) is 16.6. The number of aromatic nitrogens is 1. The number of fused-ring (bicyclic) bond motifs is 1. The molecule has 1 fully saturated rings. The lowest BCUT2D eigenvalue weighted by Crippen LogP contribution is -2.43. The van der Waals surface area contributed by atoms with Crippen LogP contribution in [0.3, 0.4) is 0 Å². The maximum absolute atomic E-state index is 13.3. The quantitative estimate of drug-likeness (QED) is 0.803. The first-order chi connectivity index (χ1) is 11.0. The van der Waals surface area contributed by atoms with Gasteiger partial charge in [0, 0.05) is 29.2 Å². The highest BCUT2D eigenvalue weighted by atomic mass is 19.1. The number of carboxylic acids is 2. The van der Waals surface area contributed by atoms with Gasteiger partial charge in [-0.3, -0.25) is 14.5 Å². The monoisotopic (exact) mass is 320 g/mol. The molecule has 1 aliphatic rings. The molecule has 23 heavy (non-hydrogen) atoms. The molecule has 1 aromatic heterocycles. The van der Waals surface area contributed by atoms with E-state index in [-0.39, 0.29) is 6.54 Å². The van der Waals surface area contributed by atoms with Crippen LogP contribution in [0.2, 0.25) is 0 Å². The molecule has 0 amide bonds. The van der Waals surface area contributed by atoms with Crippen LogP contribution in [0.4, 0.5) is 4.39 Å². The van der Waals surface area contributed by atoms with Gasteiger partial charge in [0.2, 0.25) is 0 Å². The first kappa shape index (κ1) is 15.5. The lowest BCUT2D eigenvalue weighted by molar-refractivity contribution is -0.149. The Labute approximate surface area is 131 Å². The molecule has 0 saturated carbocycles. The minimum Gasteiger partial charge on any atom is -0.481 e. The normalized spacial score (nSPS) is 20.5. The molecule has 0 radical (unpaired) electrons.